The molecule has 0 atom stereocenters. The zero-order valence-corrected chi connectivity index (χ0v) is 14.7. The van der Waals surface area contributed by atoms with Crippen molar-refractivity contribution in [2.45, 2.75) is 6.42 Å². The molecule has 4 nitrogen and oxygen atoms in total. The number of nitrogens with one attached hydrogen (secondary N) is 1. The summed E-state index contributed by atoms with van der Waals surface area (Å²) < 4.78 is 0.969. The summed E-state index contributed by atoms with van der Waals surface area (Å²) in [6.07, 6.45) is 6.81. The van der Waals surface area contributed by atoms with Gasteiger partial charge in [-0.2, -0.15) is 0 Å². The fraction of sp³-hybridized carbons (Fsp3) is 0.176. The lowest BCUT2D eigenvalue weighted by Crippen LogP contribution is -2.34. The number of hydrogen-bond acceptors (Lipinski definition) is 3. The predicted octanol–water partition coefficient (Wildman–Crippen LogP) is 4.32. The number of aromatic nitrogens is 2. The maximum atomic E-state index is 12.4. The van der Waals surface area contributed by atoms with E-state index in [9.17, 15) is 4.79 Å². The van der Waals surface area contributed by atoms with Crippen LogP contribution < -0.4 is 0 Å². The van der Waals surface area contributed by atoms with E-state index >= 15 is 0 Å². The van der Waals surface area contributed by atoms with Gasteiger partial charge >= 0.3 is 0 Å². The third-order valence-corrected chi connectivity index (χ3v) is 5.36. The smallest absolute Gasteiger partial charge is 0.264 e. The average molecular weight is 388 g/mol. The van der Waals surface area contributed by atoms with E-state index < -0.39 is 0 Å². The van der Waals surface area contributed by atoms with Crippen molar-refractivity contribution < 1.29 is 4.79 Å². The van der Waals surface area contributed by atoms with Gasteiger partial charge in [0.05, 0.1) is 4.88 Å². The molecule has 0 aromatic carbocycles. The van der Waals surface area contributed by atoms with Crippen LogP contribution in [0.25, 0.3) is 16.6 Å². The molecule has 0 aliphatic carbocycles. The van der Waals surface area contributed by atoms with E-state index in [1.807, 2.05) is 28.6 Å². The molecule has 0 saturated heterocycles. The molecular formula is C17H14BrN3OS. The van der Waals surface area contributed by atoms with Crippen molar-refractivity contribution in [2.24, 2.45) is 0 Å². The Morgan fingerprint density at radius 1 is 1.43 bits per heavy atom. The van der Waals surface area contributed by atoms with E-state index in [4.69, 9.17) is 0 Å². The maximum Gasteiger partial charge on any atom is 0.264 e. The molecule has 1 N–H and O–H groups in total. The summed E-state index contributed by atoms with van der Waals surface area (Å²) >= 11 is 4.97. The Morgan fingerprint density at radius 3 is 3.09 bits per heavy atom. The topological polar surface area (TPSA) is 49.0 Å². The lowest BCUT2D eigenvalue weighted by molar-refractivity contribution is 0.0777. The van der Waals surface area contributed by atoms with E-state index in [0.29, 0.717) is 6.54 Å². The number of aromatic amines is 1. The predicted molar refractivity (Wildman–Crippen MR) is 96.6 cm³/mol. The van der Waals surface area contributed by atoms with Crippen molar-refractivity contribution in [2.75, 3.05) is 13.1 Å². The van der Waals surface area contributed by atoms with Crippen LogP contribution in [0.2, 0.25) is 0 Å². The van der Waals surface area contributed by atoms with Gasteiger partial charge in [-0.05, 0) is 45.4 Å². The molecule has 3 aromatic rings. The van der Waals surface area contributed by atoms with Gasteiger partial charge < -0.3 is 9.88 Å². The Labute approximate surface area is 146 Å². The third-order valence-electron chi connectivity index (χ3n) is 4.07. The first kappa shape index (κ1) is 14.7. The highest BCUT2D eigenvalue weighted by Gasteiger charge is 2.21. The zero-order chi connectivity index (χ0) is 15.8. The van der Waals surface area contributed by atoms with E-state index in [-0.39, 0.29) is 5.91 Å². The Hall–Kier alpha value is -1.92. The maximum absolute atomic E-state index is 12.4. The Balaban J connectivity index is 1.59. The second kappa shape index (κ2) is 5.94. The lowest BCUT2D eigenvalue weighted by Gasteiger charge is -2.26. The number of rotatable bonds is 2. The number of carbonyl (C=O) groups is 1. The number of H-pyrrole nitrogens is 1. The van der Waals surface area contributed by atoms with Crippen molar-refractivity contribution in [1.29, 1.82) is 0 Å². The normalized spacial score (nSPS) is 15.0. The van der Waals surface area contributed by atoms with Crippen LogP contribution in [0.5, 0.6) is 0 Å². The summed E-state index contributed by atoms with van der Waals surface area (Å²) in [5.41, 5.74) is 3.34. The van der Waals surface area contributed by atoms with Crippen LogP contribution in [0.3, 0.4) is 0 Å². The van der Waals surface area contributed by atoms with Gasteiger partial charge in [0.25, 0.3) is 5.91 Å². The number of hydrogen-bond donors (Lipinski definition) is 1. The number of halogens is 1. The van der Waals surface area contributed by atoms with E-state index in [0.717, 1.165) is 33.3 Å². The molecule has 1 amide bonds. The van der Waals surface area contributed by atoms with Gasteiger partial charge in [0.1, 0.15) is 5.65 Å². The molecule has 4 heterocycles. The average Bonchev–Trinajstić information content (AvgIpc) is 3.24. The minimum Gasteiger partial charge on any atom is -0.346 e. The van der Waals surface area contributed by atoms with Crippen LogP contribution in [0.15, 0.2) is 46.5 Å². The molecule has 4 rings (SSSR count). The summed E-state index contributed by atoms with van der Waals surface area (Å²) in [4.78, 5) is 22.7. The third kappa shape index (κ3) is 2.72. The van der Waals surface area contributed by atoms with Crippen LogP contribution in [-0.2, 0) is 0 Å². The van der Waals surface area contributed by atoms with Crippen LogP contribution in [-0.4, -0.2) is 33.9 Å². The quantitative estimate of drug-likeness (QED) is 0.711. The van der Waals surface area contributed by atoms with Gasteiger partial charge in [-0.15, -0.1) is 11.3 Å². The first-order chi connectivity index (χ1) is 11.2. The molecule has 0 unspecified atom stereocenters. The standard InChI is InChI=1S/C17H14BrN3OS/c18-12-8-13-14(10-20-16(13)19-9-12)11-3-5-21(6-4-11)17(22)15-2-1-7-23-15/h1-3,7-10H,4-6H2,(H,19,20). The number of thiophene rings is 1. The molecule has 6 heteroatoms. The van der Waals surface area contributed by atoms with Gasteiger partial charge in [0.15, 0.2) is 0 Å². The summed E-state index contributed by atoms with van der Waals surface area (Å²) in [5.74, 6) is 0.124. The molecule has 0 bridgehead atoms. The highest BCUT2D eigenvalue weighted by molar-refractivity contribution is 9.10. The minimum atomic E-state index is 0.124. The zero-order valence-electron chi connectivity index (χ0n) is 12.3. The second-order valence-corrected chi connectivity index (χ2v) is 7.32. The second-order valence-electron chi connectivity index (χ2n) is 5.46. The van der Waals surface area contributed by atoms with Crippen LogP contribution in [0.1, 0.15) is 21.7 Å². The fourth-order valence-corrected chi connectivity index (χ4v) is 3.92. The molecule has 0 spiro atoms. The summed E-state index contributed by atoms with van der Waals surface area (Å²) in [6, 6.07) is 5.88. The van der Waals surface area contributed by atoms with Crippen LogP contribution >= 0.6 is 27.3 Å². The molecule has 1 aliphatic rings. The van der Waals surface area contributed by atoms with Crippen molar-refractivity contribution in [3.63, 3.8) is 0 Å². The van der Waals surface area contributed by atoms with Crippen molar-refractivity contribution in [3.05, 3.63) is 57.0 Å². The fourth-order valence-electron chi connectivity index (χ4n) is 2.90. The Morgan fingerprint density at radius 2 is 2.35 bits per heavy atom. The van der Waals surface area contributed by atoms with Gasteiger partial charge in [-0.3, -0.25) is 4.79 Å². The van der Waals surface area contributed by atoms with Crippen LogP contribution in [0, 0.1) is 0 Å². The highest BCUT2D eigenvalue weighted by atomic mass is 79.9. The molecule has 116 valence electrons. The monoisotopic (exact) mass is 387 g/mol. The molecular weight excluding hydrogens is 374 g/mol. The van der Waals surface area contributed by atoms with Gasteiger partial charge in [0, 0.05) is 40.9 Å². The Kier molecular flexibility index (Phi) is 3.79. The van der Waals surface area contributed by atoms with Crippen molar-refractivity contribution in [1.82, 2.24) is 14.9 Å². The van der Waals surface area contributed by atoms with Crippen LogP contribution in [0.4, 0.5) is 0 Å². The molecule has 0 radical (unpaired) electrons. The van der Waals surface area contributed by atoms with Crippen molar-refractivity contribution >= 4 is 49.8 Å². The Bertz CT molecular complexity index is 898. The lowest BCUT2D eigenvalue weighted by atomic mass is 9.99. The number of nitrogens with zero attached hydrogens (tertiary/aromatic N) is 2. The number of carbonyl (C=O) groups excluding carboxylic acids is 1. The summed E-state index contributed by atoms with van der Waals surface area (Å²) in [5, 5.41) is 3.05. The SMILES string of the molecule is O=C(c1cccs1)N1CC=C(c2c[nH]c3ncc(Br)cc23)CC1. The summed E-state index contributed by atoms with van der Waals surface area (Å²) in [6.45, 7) is 1.40. The van der Waals surface area contributed by atoms with E-state index in [1.165, 1.54) is 22.5 Å². The molecule has 3 aromatic heterocycles. The highest BCUT2D eigenvalue weighted by Crippen LogP contribution is 2.30. The molecule has 0 saturated carbocycles. The molecule has 0 fully saturated rings. The first-order valence-corrected chi connectivity index (χ1v) is 9.04. The largest absolute Gasteiger partial charge is 0.346 e. The molecule has 1 aliphatic heterocycles. The molecule has 23 heavy (non-hydrogen) atoms. The van der Waals surface area contributed by atoms with Gasteiger partial charge in [0.2, 0.25) is 0 Å². The number of fused-ring (bicyclic) bond motifs is 1. The van der Waals surface area contributed by atoms with Crippen molar-refractivity contribution in [3.8, 4) is 0 Å². The van der Waals surface area contributed by atoms with E-state index in [1.54, 1.807) is 6.20 Å². The number of amides is 1. The van der Waals surface area contributed by atoms with Gasteiger partial charge in [-0.1, -0.05) is 12.1 Å². The minimum absolute atomic E-state index is 0.124. The number of pyridine rings is 1. The summed E-state index contributed by atoms with van der Waals surface area (Å²) in [7, 11) is 0. The van der Waals surface area contributed by atoms with Gasteiger partial charge in [-0.25, -0.2) is 4.98 Å². The first-order valence-electron chi connectivity index (χ1n) is 7.37. The van der Waals surface area contributed by atoms with E-state index in [2.05, 4.69) is 38.0 Å².